The number of nitrogens with one attached hydrogen (secondary N) is 1. The topological polar surface area (TPSA) is 45.5 Å². The zero-order valence-corrected chi connectivity index (χ0v) is 19.0. The van der Waals surface area contributed by atoms with Gasteiger partial charge in [0.2, 0.25) is 0 Å². The average molecular weight is 433 g/mol. The van der Waals surface area contributed by atoms with Gasteiger partial charge in [-0.3, -0.25) is 4.79 Å². The molecule has 0 spiro atoms. The lowest BCUT2D eigenvalue weighted by atomic mass is 9.73. The molecule has 0 saturated heterocycles. The predicted octanol–water partition coefficient (Wildman–Crippen LogP) is 5.02. The number of carbonyl (C=O) groups is 1. The third-order valence-electron chi connectivity index (χ3n) is 7.14. The highest BCUT2D eigenvalue weighted by molar-refractivity contribution is 6.51. The van der Waals surface area contributed by atoms with Crippen LogP contribution in [0.25, 0.3) is 11.0 Å². The Kier molecular flexibility index (Phi) is 4.79. The standard InChI is InChI=1S/C28H26BN2O2/c1-17-7-12-24-19(15-17)16-25(33-24)28(32)31-14-13-22-21-5-3-4-6-23(21)30-26(22)27(31)18-8-10-20(29-2)11-9-18/h3-4,6-12,15-16,21,27,30H,5,13-14H2,1-2H3. The van der Waals surface area contributed by atoms with E-state index in [0.29, 0.717) is 18.2 Å². The van der Waals surface area contributed by atoms with Gasteiger partial charge in [0.15, 0.2) is 5.76 Å². The summed E-state index contributed by atoms with van der Waals surface area (Å²) >= 11 is 0. The van der Waals surface area contributed by atoms with Gasteiger partial charge in [0, 0.05) is 29.2 Å². The minimum absolute atomic E-state index is 0.0599. The maximum absolute atomic E-state index is 13.8. The number of hydrogen-bond acceptors (Lipinski definition) is 3. The fourth-order valence-electron chi connectivity index (χ4n) is 5.44. The van der Waals surface area contributed by atoms with Gasteiger partial charge in [0.05, 0.1) is 6.04 Å². The van der Waals surface area contributed by atoms with Gasteiger partial charge in [0.1, 0.15) is 12.9 Å². The van der Waals surface area contributed by atoms with Crippen molar-refractivity contribution in [1.82, 2.24) is 10.2 Å². The van der Waals surface area contributed by atoms with Crippen molar-refractivity contribution in [3.8, 4) is 0 Å². The van der Waals surface area contributed by atoms with Crippen LogP contribution in [-0.2, 0) is 0 Å². The Bertz CT molecular complexity index is 1350. The van der Waals surface area contributed by atoms with Crippen LogP contribution in [0.2, 0.25) is 6.82 Å². The van der Waals surface area contributed by atoms with Crippen LogP contribution in [0.5, 0.6) is 0 Å². The molecule has 5 heteroatoms. The Morgan fingerprint density at radius 1 is 1.15 bits per heavy atom. The molecule has 0 saturated carbocycles. The van der Waals surface area contributed by atoms with E-state index in [2.05, 4.69) is 68.1 Å². The van der Waals surface area contributed by atoms with Crippen LogP contribution < -0.4 is 10.8 Å². The molecule has 0 bridgehead atoms. The first-order valence-electron chi connectivity index (χ1n) is 11.7. The summed E-state index contributed by atoms with van der Waals surface area (Å²) in [5.41, 5.74) is 8.05. The number of furan rings is 1. The molecule has 1 aliphatic carbocycles. The fraction of sp³-hybridized carbons (Fsp3) is 0.250. The number of hydrogen-bond donors (Lipinski definition) is 1. The number of nitrogens with zero attached hydrogens (tertiary/aromatic N) is 1. The van der Waals surface area contributed by atoms with E-state index in [1.165, 1.54) is 16.7 Å². The number of carbonyl (C=O) groups excluding carboxylic acids is 1. The van der Waals surface area contributed by atoms with Crippen LogP contribution >= 0.6 is 0 Å². The van der Waals surface area contributed by atoms with Gasteiger partial charge in [0.25, 0.3) is 5.91 Å². The van der Waals surface area contributed by atoms with Crippen molar-refractivity contribution in [3.63, 3.8) is 0 Å². The number of aryl methyl sites for hydroxylation is 1. The third kappa shape index (κ3) is 3.34. The van der Waals surface area contributed by atoms with Gasteiger partial charge in [-0.25, -0.2) is 0 Å². The number of benzene rings is 2. The van der Waals surface area contributed by atoms with E-state index < -0.39 is 0 Å². The average Bonchev–Trinajstić information content (AvgIpc) is 3.44. The molecule has 2 aliphatic heterocycles. The van der Waals surface area contributed by atoms with Crippen LogP contribution in [0.4, 0.5) is 0 Å². The molecule has 2 atom stereocenters. The Balaban J connectivity index is 1.42. The number of fused-ring (bicyclic) bond motifs is 3. The summed E-state index contributed by atoms with van der Waals surface area (Å²) in [5.74, 6) is 0.747. The van der Waals surface area contributed by atoms with Crippen LogP contribution in [-0.4, -0.2) is 24.6 Å². The van der Waals surface area contributed by atoms with Crippen molar-refractivity contribution < 1.29 is 9.21 Å². The van der Waals surface area contributed by atoms with E-state index in [1.54, 1.807) is 0 Å². The van der Waals surface area contributed by atoms with Gasteiger partial charge >= 0.3 is 0 Å². The second-order valence-corrected chi connectivity index (χ2v) is 9.16. The van der Waals surface area contributed by atoms with Crippen molar-refractivity contribution in [2.45, 2.75) is 32.6 Å². The molecule has 1 aromatic heterocycles. The molecule has 1 amide bonds. The fourth-order valence-corrected chi connectivity index (χ4v) is 5.44. The molecule has 4 nitrogen and oxygen atoms in total. The van der Waals surface area contributed by atoms with Crippen LogP contribution in [0.1, 0.15) is 40.6 Å². The Labute approximate surface area is 194 Å². The lowest BCUT2D eigenvalue weighted by molar-refractivity contribution is 0.0657. The third-order valence-corrected chi connectivity index (χ3v) is 7.14. The SMILES string of the molecule is C[B]c1ccc(C2C3=C(CCN2C(=O)c2cc4cc(C)ccc4o2)C2CC=CC=C2N3)cc1. The molecule has 1 N–H and O–H groups in total. The summed E-state index contributed by atoms with van der Waals surface area (Å²) in [7, 11) is 2.09. The first kappa shape index (κ1) is 20.2. The molecule has 3 aliphatic rings. The monoisotopic (exact) mass is 433 g/mol. The van der Waals surface area contributed by atoms with Crippen molar-refractivity contribution in [2.75, 3.05) is 6.54 Å². The smallest absolute Gasteiger partial charge is 0.290 e. The van der Waals surface area contributed by atoms with Crippen molar-refractivity contribution in [3.05, 3.63) is 101 Å². The molecule has 2 unspecified atom stereocenters. The van der Waals surface area contributed by atoms with E-state index in [0.717, 1.165) is 40.6 Å². The van der Waals surface area contributed by atoms with Gasteiger partial charge in [-0.1, -0.05) is 60.3 Å². The van der Waals surface area contributed by atoms with Crippen LogP contribution in [0, 0.1) is 12.8 Å². The summed E-state index contributed by atoms with van der Waals surface area (Å²) in [5, 5.41) is 4.67. The molecule has 0 fully saturated rings. The normalized spacial score (nSPS) is 21.5. The van der Waals surface area contributed by atoms with Gasteiger partial charge in [-0.2, -0.15) is 0 Å². The largest absolute Gasteiger partial charge is 0.451 e. The molecule has 6 rings (SSSR count). The Hall–Kier alpha value is -3.47. The zero-order valence-electron chi connectivity index (χ0n) is 19.0. The minimum atomic E-state index is -0.159. The van der Waals surface area contributed by atoms with E-state index in [4.69, 9.17) is 4.42 Å². The van der Waals surface area contributed by atoms with Crippen LogP contribution in [0.15, 0.2) is 88.1 Å². The molecular weight excluding hydrogens is 407 g/mol. The highest BCUT2D eigenvalue weighted by atomic mass is 16.3. The van der Waals surface area contributed by atoms with Gasteiger partial charge < -0.3 is 14.6 Å². The van der Waals surface area contributed by atoms with Crippen LogP contribution in [0.3, 0.4) is 0 Å². The lowest BCUT2D eigenvalue weighted by Crippen LogP contribution is -2.41. The van der Waals surface area contributed by atoms with Crippen molar-refractivity contribution in [2.24, 2.45) is 5.92 Å². The predicted molar refractivity (Wildman–Crippen MR) is 133 cm³/mol. The van der Waals surface area contributed by atoms with E-state index in [9.17, 15) is 4.79 Å². The molecule has 33 heavy (non-hydrogen) atoms. The first-order valence-corrected chi connectivity index (χ1v) is 11.7. The maximum atomic E-state index is 13.8. The highest BCUT2D eigenvalue weighted by Crippen LogP contribution is 2.46. The second kappa shape index (κ2) is 7.84. The summed E-state index contributed by atoms with van der Waals surface area (Å²) in [6.45, 7) is 4.77. The number of amides is 1. The minimum Gasteiger partial charge on any atom is -0.451 e. The molecular formula is C28H26BN2O2. The molecule has 3 aromatic rings. The number of rotatable bonds is 3. The van der Waals surface area contributed by atoms with E-state index >= 15 is 0 Å². The molecule has 3 heterocycles. The molecule has 2 aromatic carbocycles. The zero-order chi connectivity index (χ0) is 22.5. The second-order valence-electron chi connectivity index (χ2n) is 9.16. The summed E-state index contributed by atoms with van der Waals surface area (Å²) in [6.07, 6.45) is 8.43. The highest BCUT2D eigenvalue weighted by Gasteiger charge is 2.42. The molecule has 163 valence electrons. The first-order chi connectivity index (χ1) is 16.1. The van der Waals surface area contributed by atoms with Crippen molar-refractivity contribution in [1.29, 1.82) is 0 Å². The number of allylic oxidation sites excluding steroid dienone is 4. The quantitative estimate of drug-likeness (QED) is 0.590. The Morgan fingerprint density at radius 3 is 2.82 bits per heavy atom. The van der Waals surface area contributed by atoms with Gasteiger partial charge in [-0.15, -0.1) is 0 Å². The van der Waals surface area contributed by atoms with Crippen molar-refractivity contribution >= 4 is 29.6 Å². The maximum Gasteiger partial charge on any atom is 0.290 e. The summed E-state index contributed by atoms with van der Waals surface area (Å²) < 4.78 is 6.01. The summed E-state index contributed by atoms with van der Waals surface area (Å²) in [4.78, 5) is 15.8. The van der Waals surface area contributed by atoms with Gasteiger partial charge in [-0.05, 0) is 55.2 Å². The molecule has 1 radical (unpaired) electrons. The Morgan fingerprint density at radius 2 is 2.00 bits per heavy atom. The summed E-state index contributed by atoms with van der Waals surface area (Å²) in [6, 6.07) is 16.3. The lowest BCUT2D eigenvalue weighted by Gasteiger charge is -2.37. The van der Waals surface area contributed by atoms with E-state index in [-0.39, 0.29) is 11.9 Å². The van der Waals surface area contributed by atoms with E-state index in [1.807, 2.05) is 29.9 Å².